The van der Waals surface area contributed by atoms with Crippen LogP contribution in [-0.2, 0) is 0 Å². The summed E-state index contributed by atoms with van der Waals surface area (Å²) < 4.78 is 4.75. The van der Waals surface area contributed by atoms with Gasteiger partial charge in [-0.1, -0.05) is 5.16 Å². The number of aryl methyl sites for hydroxylation is 1. The first kappa shape index (κ1) is 9.04. The molecule has 0 bridgehead atoms. The Morgan fingerprint density at radius 3 is 2.62 bits per heavy atom. The Balaban J connectivity index is 2.82. The monoisotopic (exact) mass is 182 g/mol. The minimum atomic E-state index is -0.151. The highest BCUT2D eigenvalue weighted by Gasteiger charge is 1.98. The van der Waals surface area contributed by atoms with Crippen LogP contribution in [0.2, 0.25) is 0 Å². The van der Waals surface area contributed by atoms with E-state index >= 15 is 0 Å². The second-order valence-electron chi connectivity index (χ2n) is 2.30. The molecule has 0 aliphatic heterocycles. The van der Waals surface area contributed by atoms with Crippen LogP contribution in [0.1, 0.15) is 5.76 Å². The van der Waals surface area contributed by atoms with Crippen LogP contribution in [0.5, 0.6) is 0 Å². The average molecular weight is 182 g/mol. The molecule has 0 unspecified atom stereocenters. The number of nitrogens with two attached hydrogens (primary N) is 3. The summed E-state index contributed by atoms with van der Waals surface area (Å²) in [6, 6.07) is 1.61. The van der Waals surface area contributed by atoms with Crippen molar-refractivity contribution in [2.24, 2.45) is 27.2 Å². The van der Waals surface area contributed by atoms with Gasteiger partial charge in [0, 0.05) is 6.07 Å². The molecule has 0 aromatic carbocycles. The zero-order valence-electron chi connectivity index (χ0n) is 7.06. The molecule has 0 amide bonds. The third-order valence-corrected chi connectivity index (χ3v) is 1.09. The van der Waals surface area contributed by atoms with E-state index in [0.29, 0.717) is 11.6 Å². The van der Waals surface area contributed by atoms with Gasteiger partial charge in [-0.05, 0) is 6.92 Å². The smallest absolute Gasteiger partial charge is 0.225 e. The van der Waals surface area contributed by atoms with Gasteiger partial charge in [0.15, 0.2) is 11.8 Å². The van der Waals surface area contributed by atoms with Gasteiger partial charge in [0.2, 0.25) is 5.96 Å². The van der Waals surface area contributed by atoms with Crippen LogP contribution in [0.4, 0.5) is 5.82 Å². The van der Waals surface area contributed by atoms with Gasteiger partial charge < -0.3 is 21.7 Å². The summed E-state index contributed by atoms with van der Waals surface area (Å²) in [6.07, 6.45) is 0. The lowest BCUT2D eigenvalue weighted by atomic mass is 10.5. The van der Waals surface area contributed by atoms with Gasteiger partial charge in [-0.15, -0.1) is 0 Å². The topological polar surface area (TPSA) is 129 Å². The van der Waals surface area contributed by atoms with E-state index in [9.17, 15) is 0 Å². The molecule has 0 fully saturated rings. The van der Waals surface area contributed by atoms with Crippen molar-refractivity contribution >= 4 is 17.7 Å². The second kappa shape index (κ2) is 3.57. The van der Waals surface area contributed by atoms with Crippen LogP contribution >= 0.6 is 0 Å². The van der Waals surface area contributed by atoms with Crippen molar-refractivity contribution in [3.8, 4) is 0 Å². The summed E-state index contributed by atoms with van der Waals surface area (Å²) in [7, 11) is 0. The molecule has 7 heteroatoms. The van der Waals surface area contributed by atoms with E-state index in [4.69, 9.17) is 21.7 Å². The third kappa shape index (κ3) is 2.81. The molecule has 0 aliphatic rings. The van der Waals surface area contributed by atoms with Crippen molar-refractivity contribution < 1.29 is 4.52 Å². The van der Waals surface area contributed by atoms with Crippen LogP contribution in [0.25, 0.3) is 0 Å². The van der Waals surface area contributed by atoms with E-state index in [2.05, 4.69) is 15.1 Å². The van der Waals surface area contributed by atoms with Gasteiger partial charge in [0.1, 0.15) is 5.76 Å². The Morgan fingerprint density at radius 1 is 1.46 bits per heavy atom. The van der Waals surface area contributed by atoms with Gasteiger partial charge >= 0.3 is 0 Å². The van der Waals surface area contributed by atoms with E-state index in [0.717, 1.165) is 0 Å². The summed E-state index contributed by atoms with van der Waals surface area (Å²) in [6.45, 7) is 1.74. The average Bonchev–Trinajstić information content (AvgIpc) is 2.33. The fraction of sp³-hybridized carbons (Fsp3) is 0.167. The van der Waals surface area contributed by atoms with Crippen LogP contribution in [0.15, 0.2) is 20.6 Å². The van der Waals surface area contributed by atoms with Gasteiger partial charge in [0.25, 0.3) is 0 Å². The number of hydrogen-bond donors (Lipinski definition) is 3. The number of rotatable bonds is 1. The maximum absolute atomic E-state index is 5.34. The highest BCUT2D eigenvalue weighted by atomic mass is 16.5. The molecule has 0 atom stereocenters. The van der Waals surface area contributed by atoms with Crippen LogP contribution in [0.3, 0.4) is 0 Å². The standard InChI is InChI=1S/C6H10N6O/c1-3-2-4(12-13-3)10-6(9)11-5(7)8/h2H,1H3,(H6,7,8,9,10,11,12). The predicted molar refractivity (Wildman–Crippen MR) is 48.3 cm³/mol. The van der Waals surface area contributed by atoms with Crippen LogP contribution in [-0.4, -0.2) is 17.1 Å². The first-order valence-corrected chi connectivity index (χ1v) is 3.45. The summed E-state index contributed by atoms with van der Waals surface area (Å²) in [5.41, 5.74) is 15.5. The van der Waals surface area contributed by atoms with E-state index in [-0.39, 0.29) is 11.9 Å². The van der Waals surface area contributed by atoms with Crippen molar-refractivity contribution in [2.75, 3.05) is 0 Å². The predicted octanol–water partition coefficient (Wildman–Crippen LogP) is -0.797. The molecular formula is C6H10N6O. The summed E-state index contributed by atoms with van der Waals surface area (Å²) in [5, 5.41) is 3.57. The Morgan fingerprint density at radius 2 is 2.15 bits per heavy atom. The van der Waals surface area contributed by atoms with Gasteiger partial charge in [-0.2, -0.15) is 9.98 Å². The molecule has 0 spiro atoms. The number of hydrogen-bond acceptors (Lipinski definition) is 3. The summed E-state index contributed by atoms with van der Waals surface area (Å²) in [5.74, 6) is 0.756. The lowest BCUT2D eigenvalue weighted by molar-refractivity contribution is 0.399. The molecular weight excluding hydrogens is 172 g/mol. The molecule has 0 saturated heterocycles. The minimum absolute atomic E-state index is 0.0618. The maximum atomic E-state index is 5.34. The van der Waals surface area contributed by atoms with E-state index in [1.807, 2.05) is 0 Å². The molecule has 1 rings (SSSR count). The zero-order chi connectivity index (χ0) is 9.84. The van der Waals surface area contributed by atoms with Crippen molar-refractivity contribution in [3.05, 3.63) is 11.8 Å². The number of guanidine groups is 2. The molecule has 6 N–H and O–H groups in total. The fourth-order valence-corrected chi connectivity index (χ4v) is 0.681. The molecule has 1 aromatic rings. The van der Waals surface area contributed by atoms with Crippen LogP contribution in [0, 0.1) is 6.92 Å². The maximum Gasteiger partial charge on any atom is 0.225 e. The largest absolute Gasteiger partial charge is 0.370 e. The number of aliphatic imine (C=N–C) groups is 2. The SMILES string of the molecule is Cc1cc(N=C(N)N=C(N)N)no1. The Kier molecular flexibility index (Phi) is 2.48. The number of nitrogens with zero attached hydrogens (tertiary/aromatic N) is 3. The molecule has 0 saturated carbocycles. The second-order valence-corrected chi connectivity index (χ2v) is 2.30. The van der Waals surface area contributed by atoms with Crippen molar-refractivity contribution in [2.45, 2.75) is 6.92 Å². The Labute approximate surface area is 74.3 Å². The zero-order valence-corrected chi connectivity index (χ0v) is 7.06. The lowest BCUT2D eigenvalue weighted by Crippen LogP contribution is -2.26. The highest BCUT2D eigenvalue weighted by Crippen LogP contribution is 2.10. The van der Waals surface area contributed by atoms with Gasteiger partial charge in [0.05, 0.1) is 0 Å². The molecule has 1 heterocycles. The molecule has 70 valence electrons. The van der Waals surface area contributed by atoms with Gasteiger partial charge in [-0.25, -0.2) is 0 Å². The van der Waals surface area contributed by atoms with Crippen molar-refractivity contribution in [3.63, 3.8) is 0 Å². The Hall–Kier alpha value is -2.05. The summed E-state index contributed by atoms with van der Waals surface area (Å²) in [4.78, 5) is 7.26. The molecule has 13 heavy (non-hydrogen) atoms. The number of aromatic nitrogens is 1. The van der Waals surface area contributed by atoms with Crippen molar-refractivity contribution in [1.82, 2.24) is 5.16 Å². The quantitative estimate of drug-likeness (QED) is 0.387. The van der Waals surface area contributed by atoms with Gasteiger partial charge in [-0.3, -0.25) is 0 Å². The van der Waals surface area contributed by atoms with Crippen LogP contribution < -0.4 is 17.2 Å². The van der Waals surface area contributed by atoms with E-state index in [1.165, 1.54) is 0 Å². The Bertz CT molecular complexity index is 348. The first-order valence-electron chi connectivity index (χ1n) is 3.45. The fourth-order valence-electron chi connectivity index (χ4n) is 0.681. The molecule has 7 nitrogen and oxygen atoms in total. The molecule has 1 aromatic heterocycles. The summed E-state index contributed by atoms with van der Waals surface area (Å²) >= 11 is 0. The first-order chi connectivity index (χ1) is 6.08. The lowest BCUT2D eigenvalue weighted by Gasteiger charge is -1.90. The minimum Gasteiger partial charge on any atom is -0.370 e. The molecule has 0 aliphatic carbocycles. The van der Waals surface area contributed by atoms with E-state index in [1.54, 1.807) is 13.0 Å². The van der Waals surface area contributed by atoms with E-state index < -0.39 is 0 Å². The highest BCUT2D eigenvalue weighted by molar-refractivity contribution is 5.93. The normalized spacial score (nSPS) is 11.3. The van der Waals surface area contributed by atoms with Crippen molar-refractivity contribution in [1.29, 1.82) is 0 Å². The third-order valence-electron chi connectivity index (χ3n) is 1.09. The molecule has 0 radical (unpaired) electrons.